The van der Waals surface area contributed by atoms with Crippen molar-refractivity contribution < 1.29 is 33.8 Å². The molecule has 0 aliphatic rings. The highest BCUT2D eigenvalue weighted by Gasteiger charge is 2.34. The summed E-state index contributed by atoms with van der Waals surface area (Å²) in [6.45, 7) is 9.68. The van der Waals surface area contributed by atoms with Crippen LogP contribution in [0, 0.1) is 0 Å². The lowest BCUT2D eigenvalue weighted by molar-refractivity contribution is -0.144. The van der Waals surface area contributed by atoms with Crippen LogP contribution >= 0.6 is 0 Å². The van der Waals surface area contributed by atoms with Gasteiger partial charge in [-0.2, -0.15) is 0 Å². The Labute approximate surface area is 187 Å². The molecular formula is C22H31N3O7. The van der Waals surface area contributed by atoms with Gasteiger partial charge < -0.3 is 30.1 Å². The van der Waals surface area contributed by atoms with Crippen molar-refractivity contribution in [1.82, 2.24) is 15.5 Å². The monoisotopic (exact) mass is 449 g/mol. The normalized spacial score (nSPS) is 12.7. The number of ether oxygens (including phenoxy) is 2. The molecule has 1 aromatic rings. The number of alkyl carbamates (subject to hydrolysis) is 1. The Bertz CT molecular complexity index is 848. The fourth-order valence-electron chi connectivity index (χ4n) is 2.75. The van der Waals surface area contributed by atoms with Crippen LogP contribution < -0.4 is 10.6 Å². The number of hydrogen-bond donors (Lipinski definition) is 3. The van der Waals surface area contributed by atoms with Crippen LogP contribution in [0.3, 0.4) is 0 Å². The van der Waals surface area contributed by atoms with Crippen molar-refractivity contribution in [2.24, 2.45) is 0 Å². The predicted octanol–water partition coefficient (Wildman–Crippen LogP) is 1.65. The molecule has 2 unspecified atom stereocenters. The van der Waals surface area contributed by atoms with Gasteiger partial charge in [-0.15, -0.1) is 6.58 Å². The molecule has 10 nitrogen and oxygen atoms in total. The topological polar surface area (TPSA) is 134 Å². The zero-order valence-electron chi connectivity index (χ0n) is 19.0. The quantitative estimate of drug-likeness (QED) is 0.385. The number of phenolic OH excluding ortho intramolecular Hbond substituents is 1. The first-order valence-electron chi connectivity index (χ1n) is 9.94. The highest BCUT2D eigenvalue weighted by Crippen LogP contribution is 2.25. The van der Waals surface area contributed by atoms with E-state index in [1.54, 1.807) is 26.8 Å². The second kappa shape index (κ2) is 11.7. The van der Waals surface area contributed by atoms with E-state index in [1.165, 1.54) is 43.2 Å². The molecule has 0 aliphatic carbocycles. The molecule has 0 aromatic heterocycles. The molecule has 0 radical (unpaired) electrons. The number of carbonyl (C=O) groups is 4. The maximum Gasteiger partial charge on any atom is 0.408 e. The zero-order chi connectivity index (χ0) is 24.5. The maximum atomic E-state index is 13.2. The smallest absolute Gasteiger partial charge is 0.408 e. The number of phenols is 1. The van der Waals surface area contributed by atoms with Gasteiger partial charge >= 0.3 is 12.1 Å². The van der Waals surface area contributed by atoms with Crippen LogP contribution in [-0.2, 0) is 23.9 Å². The molecule has 0 fully saturated rings. The SMILES string of the molecule is C=CCN(C(=O)C(C)NC(=O)OC(C)(C)C)C(C(=O)NCC(=O)OC)c1cccc(O)c1. The van der Waals surface area contributed by atoms with Crippen LogP contribution in [0.2, 0.25) is 0 Å². The minimum absolute atomic E-state index is 0.0505. The first-order chi connectivity index (χ1) is 14.9. The maximum absolute atomic E-state index is 13.2. The molecule has 0 aliphatic heterocycles. The van der Waals surface area contributed by atoms with Gasteiger partial charge in [0.15, 0.2) is 0 Å². The van der Waals surface area contributed by atoms with Gasteiger partial charge in [0.05, 0.1) is 7.11 Å². The van der Waals surface area contributed by atoms with Crippen LogP contribution in [0.4, 0.5) is 4.79 Å². The van der Waals surface area contributed by atoms with E-state index in [0.717, 1.165) is 0 Å². The van der Waals surface area contributed by atoms with E-state index in [9.17, 15) is 24.3 Å². The minimum atomic E-state index is -1.22. The lowest BCUT2D eigenvalue weighted by Gasteiger charge is -2.32. The number of carbonyl (C=O) groups excluding carboxylic acids is 4. The van der Waals surface area contributed by atoms with Crippen molar-refractivity contribution in [2.75, 3.05) is 20.2 Å². The Morgan fingerprint density at radius 2 is 1.91 bits per heavy atom. The van der Waals surface area contributed by atoms with Crippen LogP contribution in [0.15, 0.2) is 36.9 Å². The Morgan fingerprint density at radius 1 is 1.25 bits per heavy atom. The van der Waals surface area contributed by atoms with E-state index in [-0.39, 0.29) is 12.3 Å². The predicted molar refractivity (Wildman–Crippen MR) is 117 cm³/mol. The van der Waals surface area contributed by atoms with E-state index in [1.807, 2.05) is 0 Å². The number of rotatable bonds is 9. The molecule has 10 heteroatoms. The standard InChI is InChI=1S/C22H31N3O7/c1-7-11-25(20(29)14(2)24-21(30)32-22(3,4)5)18(15-9-8-10-16(26)12-15)19(28)23-13-17(27)31-6/h7-10,12,14,18,26H,1,11,13H2,2-6H3,(H,23,28)(H,24,30). The summed E-state index contributed by atoms with van der Waals surface area (Å²) in [5.74, 6) is -2.06. The number of benzene rings is 1. The fraction of sp³-hybridized carbons (Fsp3) is 0.455. The Hall–Kier alpha value is -3.56. The van der Waals surface area contributed by atoms with Gasteiger partial charge in [-0.1, -0.05) is 18.2 Å². The molecule has 0 bridgehead atoms. The number of nitrogens with zero attached hydrogens (tertiary/aromatic N) is 1. The molecule has 0 saturated carbocycles. The first kappa shape index (κ1) is 26.5. The third kappa shape index (κ3) is 8.29. The summed E-state index contributed by atoms with van der Waals surface area (Å²) in [6, 6.07) is 3.55. The van der Waals surface area contributed by atoms with Gasteiger partial charge in [-0.05, 0) is 45.4 Å². The Kier molecular flexibility index (Phi) is 9.70. The average molecular weight is 450 g/mol. The van der Waals surface area contributed by atoms with Crippen molar-refractivity contribution in [2.45, 2.75) is 45.4 Å². The van der Waals surface area contributed by atoms with Gasteiger partial charge in [0.2, 0.25) is 11.8 Å². The van der Waals surface area contributed by atoms with Gasteiger partial charge in [-0.25, -0.2) is 4.79 Å². The summed E-state index contributed by atoms with van der Waals surface area (Å²) >= 11 is 0. The highest BCUT2D eigenvalue weighted by molar-refractivity contribution is 5.93. The molecule has 2 atom stereocenters. The summed E-state index contributed by atoms with van der Waals surface area (Å²) in [7, 11) is 1.18. The van der Waals surface area contributed by atoms with Crippen LogP contribution in [0.1, 0.15) is 39.3 Å². The Morgan fingerprint density at radius 3 is 2.44 bits per heavy atom. The van der Waals surface area contributed by atoms with Crippen molar-refractivity contribution in [1.29, 1.82) is 0 Å². The lowest BCUT2D eigenvalue weighted by atomic mass is 10.0. The number of nitrogens with one attached hydrogen (secondary N) is 2. The van der Waals surface area contributed by atoms with E-state index in [2.05, 4.69) is 21.9 Å². The van der Waals surface area contributed by atoms with E-state index in [4.69, 9.17) is 4.74 Å². The van der Waals surface area contributed by atoms with Crippen molar-refractivity contribution in [3.8, 4) is 5.75 Å². The molecule has 1 aromatic carbocycles. The van der Waals surface area contributed by atoms with E-state index >= 15 is 0 Å². The third-order valence-corrected chi connectivity index (χ3v) is 4.09. The van der Waals surface area contributed by atoms with Crippen molar-refractivity contribution in [3.05, 3.63) is 42.5 Å². The van der Waals surface area contributed by atoms with Crippen LogP contribution in [0.25, 0.3) is 0 Å². The highest BCUT2D eigenvalue weighted by atomic mass is 16.6. The number of amides is 3. The molecule has 3 amide bonds. The lowest BCUT2D eigenvalue weighted by Crippen LogP contribution is -2.52. The summed E-state index contributed by atoms with van der Waals surface area (Å²) in [4.78, 5) is 50.9. The molecule has 0 heterocycles. The molecule has 1 rings (SSSR count). The summed E-state index contributed by atoms with van der Waals surface area (Å²) in [5, 5.41) is 14.8. The third-order valence-electron chi connectivity index (χ3n) is 4.09. The average Bonchev–Trinajstić information content (AvgIpc) is 2.69. The largest absolute Gasteiger partial charge is 0.508 e. The van der Waals surface area contributed by atoms with Gasteiger partial charge in [0.25, 0.3) is 0 Å². The summed E-state index contributed by atoms with van der Waals surface area (Å²) in [5.41, 5.74) is -0.460. The summed E-state index contributed by atoms with van der Waals surface area (Å²) < 4.78 is 9.71. The fourth-order valence-corrected chi connectivity index (χ4v) is 2.75. The van der Waals surface area contributed by atoms with Crippen LogP contribution in [-0.4, -0.2) is 65.7 Å². The second-order valence-corrected chi connectivity index (χ2v) is 7.94. The first-order valence-corrected chi connectivity index (χ1v) is 9.94. The molecule has 3 N–H and O–H groups in total. The second-order valence-electron chi connectivity index (χ2n) is 7.94. The van der Waals surface area contributed by atoms with Gasteiger partial charge in [0, 0.05) is 6.54 Å². The van der Waals surface area contributed by atoms with Gasteiger partial charge in [-0.3, -0.25) is 14.4 Å². The zero-order valence-corrected chi connectivity index (χ0v) is 19.0. The number of aromatic hydroxyl groups is 1. The molecule has 32 heavy (non-hydrogen) atoms. The minimum Gasteiger partial charge on any atom is -0.508 e. The number of hydrogen-bond acceptors (Lipinski definition) is 7. The number of esters is 1. The van der Waals surface area contributed by atoms with Crippen molar-refractivity contribution >= 4 is 23.9 Å². The van der Waals surface area contributed by atoms with E-state index in [0.29, 0.717) is 5.56 Å². The molecule has 0 saturated heterocycles. The number of methoxy groups -OCH3 is 1. The van der Waals surface area contributed by atoms with E-state index < -0.39 is 48.1 Å². The van der Waals surface area contributed by atoms with Crippen LogP contribution in [0.5, 0.6) is 5.75 Å². The Balaban J connectivity index is 3.23. The molecule has 176 valence electrons. The molecule has 0 spiro atoms. The van der Waals surface area contributed by atoms with Gasteiger partial charge in [0.1, 0.15) is 30.0 Å². The molecular weight excluding hydrogens is 418 g/mol. The summed E-state index contributed by atoms with van der Waals surface area (Å²) in [6.07, 6.45) is 0.627. The van der Waals surface area contributed by atoms with Crippen molar-refractivity contribution in [3.63, 3.8) is 0 Å².